The first kappa shape index (κ1) is 23.0. The number of carboxylic acid groups (broad SMARTS) is 1. The van der Waals surface area contributed by atoms with Crippen molar-refractivity contribution in [3.63, 3.8) is 0 Å². The zero-order valence-electron chi connectivity index (χ0n) is 19.5. The Morgan fingerprint density at radius 1 is 1.09 bits per heavy atom. The van der Waals surface area contributed by atoms with Crippen LogP contribution in [0.4, 0.5) is 20.6 Å². The third kappa shape index (κ3) is 4.64. The minimum Gasteiger partial charge on any atom is -0.465 e. The second-order valence-electron chi connectivity index (χ2n) is 9.20. The standard InChI is InChI=1S/C26H28FN5O3/c1-17-15-30(26(34)35)24-13-19(20-14-29-31(16-20)22-8-10-28-11-9-22)4-7-23(24)32(17)25(33)12-18-2-5-21(27)6-3-18/h2-7,13-14,16-17,22,28H,8-12,15H2,1H3,(H,34,35)/t17-/m0/s1. The van der Waals surface area contributed by atoms with Gasteiger partial charge in [-0.15, -0.1) is 0 Å². The predicted molar refractivity (Wildman–Crippen MR) is 131 cm³/mol. The number of aromatic nitrogens is 2. The molecule has 1 fully saturated rings. The molecule has 2 amide bonds. The van der Waals surface area contributed by atoms with E-state index in [1.165, 1.54) is 17.0 Å². The van der Waals surface area contributed by atoms with Gasteiger partial charge in [-0.3, -0.25) is 14.4 Å². The summed E-state index contributed by atoms with van der Waals surface area (Å²) in [6.07, 6.45) is 4.87. The maximum atomic E-state index is 13.3. The van der Waals surface area contributed by atoms with Crippen LogP contribution in [0.25, 0.3) is 11.1 Å². The van der Waals surface area contributed by atoms with Crippen LogP contribution in [-0.4, -0.2) is 52.6 Å². The van der Waals surface area contributed by atoms with E-state index in [0.29, 0.717) is 23.0 Å². The molecule has 5 rings (SSSR count). The van der Waals surface area contributed by atoms with E-state index in [-0.39, 0.29) is 30.7 Å². The number of fused-ring (bicyclic) bond motifs is 1. The Balaban J connectivity index is 1.46. The van der Waals surface area contributed by atoms with E-state index >= 15 is 0 Å². The fourth-order valence-corrected chi connectivity index (χ4v) is 4.99. The Bertz CT molecular complexity index is 1240. The molecule has 2 aromatic carbocycles. The molecule has 0 saturated carbocycles. The van der Waals surface area contributed by atoms with E-state index < -0.39 is 6.09 Å². The molecule has 0 aliphatic carbocycles. The maximum absolute atomic E-state index is 13.3. The summed E-state index contributed by atoms with van der Waals surface area (Å²) in [5, 5.41) is 17.8. The number of carbonyl (C=O) groups is 2. The zero-order chi connectivity index (χ0) is 24.5. The largest absolute Gasteiger partial charge is 0.465 e. The van der Waals surface area contributed by atoms with Crippen LogP contribution in [0.3, 0.4) is 0 Å². The van der Waals surface area contributed by atoms with Crippen LogP contribution >= 0.6 is 0 Å². The summed E-state index contributed by atoms with van der Waals surface area (Å²) in [5.74, 6) is -0.520. The topological polar surface area (TPSA) is 90.7 Å². The van der Waals surface area contributed by atoms with Gasteiger partial charge in [0.25, 0.3) is 0 Å². The van der Waals surface area contributed by atoms with Gasteiger partial charge in [0.05, 0.1) is 36.1 Å². The molecule has 1 saturated heterocycles. The van der Waals surface area contributed by atoms with Crippen LogP contribution in [0.1, 0.15) is 31.4 Å². The van der Waals surface area contributed by atoms with E-state index in [0.717, 1.165) is 37.1 Å². The van der Waals surface area contributed by atoms with Crippen molar-refractivity contribution in [2.45, 2.75) is 38.3 Å². The third-order valence-electron chi connectivity index (χ3n) is 6.80. The van der Waals surface area contributed by atoms with Gasteiger partial charge in [-0.25, -0.2) is 9.18 Å². The molecule has 3 heterocycles. The predicted octanol–water partition coefficient (Wildman–Crippen LogP) is 4.08. The molecule has 1 aromatic heterocycles. The number of nitrogens with zero attached hydrogens (tertiary/aromatic N) is 4. The number of carbonyl (C=O) groups excluding carboxylic acids is 1. The van der Waals surface area contributed by atoms with Gasteiger partial charge < -0.3 is 15.3 Å². The van der Waals surface area contributed by atoms with Gasteiger partial charge >= 0.3 is 6.09 Å². The number of nitrogens with one attached hydrogen (secondary N) is 1. The van der Waals surface area contributed by atoms with E-state index in [2.05, 4.69) is 10.4 Å². The van der Waals surface area contributed by atoms with Crippen LogP contribution in [0, 0.1) is 5.82 Å². The normalized spacial score (nSPS) is 18.4. The summed E-state index contributed by atoms with van der Waals surface area (Å²) < 4.78 is 15.3. The van der Waals surface area contributed by atoms with Crippen LogP contribution < -0.4 is 15.1 Å². The molecule has 35 heavy (non-hydrogen) atoms. The highest BCUT2D eigenvalue weighted by atomic mass is 19.1. The second-order valence-corrected chi connectivity index (χ2v) is 9.20. The minimum absolute atomic E-state index is 0.0991. The molecule has 2 N–H and O–H groups in total. The highest BCUT2D eigenvalue weighted by Crippen LogP contribution is 2.39. The fraction of sp³-hybridized carbons (Fsp3) is 0.346. The van der Waals surface area contributed by atoms with Gasteiger partial charge in [0, 0.05) is 18.3 Å². The Hall–Kier alpha value is -3.72. The van der Waals surface area contributed by atoms with E-state index in [4.69, 9.17) is 0 Å². The number of benzene rings is 2. The van der Waals surface area contributed by atoms with Crippen molar-refractivity contribution in [1.82, 2.24) is 15.1 Å². The lowest BCUT2D eigenvalue weighted by Gasteiger charge is -2.40. The molecule has 2 aliphatic heterocycles. The van der Waals surface area contributed by atoms with Crippen molar-refractivity contribution in [3.8, 4) is 11.1 Å². The van der Waals surface area contributed by atoms with Crippen LogP contribution in [0.5, 0.6) is 0 Å². The van der Waals surface area contributed by atoms with Crippen molar-refractivity contribution < 1.29 is 19.1 Å². The molecule has 0 bridgehead atoms. The summed E-state index contributed by atoms with van der Waals surface area (Å²) in [5.41, 5.74) is 3.46. The van der Waals surface area contributed by atoms with Crippen LogP contribution in [-0.2, 0) is 11.2 Å². The van der Waals surface area contributed by atoms with E-state index in [9.17, 15) is 19.1 Å². The smallest absolute Gasteiger partial charge is 0.411 e. The molecule has 0 radical (unpaired) electrons. The van der Waals surface area contributed by atoms with Crippen molar-refractivity contribution in [2.75, 3.05) is 29.4 Å². The Morgan fingerprint density at radius 2 is 1.83 bits per heavy atom. The van der Waals surface area contributed by atoms with E-state index in [1.54, 1.807) is 29.3 Å². The molecular formula is C26H28FN5O3. The lowest BCUT2D eigenvalue weighted by atomic mass is 10.0. The van der Waals surface area contributed by atoms with Gasteiger partial charge in [-0.2, -0.15) is 5.10 Å². The highest BCUT2D eigenvalue weighted by molar-refractivity contribution is 6.04. The number of anilines is 2. The number of hydrogen-bond acceptors (Lipinski definition) is 4. The molecule has 2 aliphatic rings. The number of rotatable bonds is 4. The average Bonchev–Trinajstić information content (AvgIpc) is 3.35. The van der Waals surface area contributed by atoms with Crippen molar-refractivity contribution in [3.05, 3.63) is 66.2 Å². The molecule has 0 spiro atoms. The van der Waals surface area contributed by atoms with Crippen LogP contribution in [0.15, 0.2) is 54.9 Å². The van der Waals surface area contributed by atoms with Crippen molar-refractivity contribution >= 4 is 23.4 Å². The lowest BCUT2D eigenvalue weighted by Crippen LogP contribution is -2.52. The molecule has 3 aromatic rings. The molecule has 8 nitrogen and oxygen atoms in total. The molecule has 0 unspecified atom stereocenters. The Morgan fingerprint density at radius 3 is 2.54 bits per heavy atom. The van der Waals surface area contributed by atoms with Gasteiger partial charge in [-0.05, 0) is 68.2 Å². The number of hydrogen-bond donors (Lipinski definition) is 2. The Kier molecular flexibility index (Phi) is 6.25. The average molecular weight is 478 g/mol. The number of halogens is 1. The van der Waals surface area contributed by atoms with Crippen LogP contribution in [0.2, 0.25) is 0 Å². The molecule has 182 valence electrons. The quantitative estimate of drug-likeness (QED) is 0.591. The summed E-state index contributed by atoms with van der Waals surface area (Å²) >= 11 is 0. The first-order valence-electron chi connectivity index (χ1n) is 11.9. The second kappa shape index (κ2) is 9.50. The van der Waals surface area contributed by atoms with Crippen molar-refractivity contribution in [1.29, 1.82) is 0 Å². The first-order chi connectivity index (χ1) is 16.9. The summed E-state index contributed by atoms with van der Waals surface area (Å²) in [6, 6.07) is 11.4. The first-order valence-corrected chi connectivity index (χ1v) is 11.9. The lowest BCUT2D eigenvalue weighted by molar-refractivity contribution is -0.118. The molecule has 1 atom stereocenters. The van der Waals surface area contributed by atoms with Gasteiger partial charge in [-0.1, -0.05) is 18.2 Å². The van der Waals surface area contributed by atoms with Gasteiger partial charge in [0.1, 0.15) is 5.82 Å². The number of amides is 2. The van der Waals surface area contributed by atoms with Gasteiger partial charge in [0.15, 0.2) is 0 Å². The third-order valence-corrected chi connectivity index (χ3v) is 6.80. The molecular weight excluding hydrogens is 449 g/mol. The minimum atomic E-state index is -1.06. The SMILES string of the molecule is C[C@H]1CN(C(=O)O)c2cc(-c3cnn(C4CCNCC4)c3)ccc2N1C(=O)Cc1ccc(F)cc1. The fourth-order valence-electron chi connectivity index (χ4n) is 4.99. The van der Waals surface area contributed by atoms with Crippen molar-refractivity contribution in [2.24, 2.45) is 0 Å². The summed E-state index contributed by atoms with van der Waals surface area (Å²) in [6.45, 7) is 3.92. The van der Waals surface area contributed by atoms with Gasteiger partial charge in [0.2, 0.25) is 5.91 Å². The summed E-state index contributed by atoms with van der Waals surface area (Å²) in [7, 11) is 0. The highest BCUT2D eigenvalue weighted by Gasteiger charge is 2.35. The maximum Gasteiger partial charge on any atom is 0.411 e. The Labute approximate surface area is 203 Å². The van der Waals surface area contributed by atoms with E-state index in [1.807, 2.05) is 29.9 Å². The monoisotopic (exact) mass is 477 g/mol. The molecule has 9 heteroatoms. The summed E-state index contributed by atoms with van der Waals surface area (Å²) in [4.78, 5) is 28.3. The zero-order valence-corrected chi connectivity index (χ0v) is 19.5. The number of piperidine rings is 1.